The number of hydrogen-bond acceptors (Lipinski definition) is 5. The Kier molecular flexibility index (Phi) is 3.39. The van der Waals surface area contributed by atoms with Crippen LogP contribution in [-0.2, 0) is 4.79 Å². The van der Waals surface area contributed by atoms with Crippen molar-refractivity contribution < 1.29 is 9.18 Å². The number of nitrogens with zero attached hydrogens (tertiary/aromatic N) is 5. The van der Waals surface area contributed by atoms with E-state index in [-0.39, 0.29) is 18.4 Å². The van der Waals surface area contributed by atoms with Crippen molar-refractivity contribution in [3.05, 3.63) is 18.5 Å². The molecule has 2 fully saturated rings. The minimum absolute atomic E-state index is 0.00387. The summed E-state index contributed by atoms with van der Waals surface area (Å²) in [7, 11) is 0. The maximum atomic E-state index is 14.8. The van der Waals surface area contributed by atoms with Gasteiger partial charge >= 0.3 is 0 Å². The van der Waals surface area contributed by atoms with Gasteiger partial charge in [-0.25, -0.2) is 4.39 Å². The van der Waals surface area contributed by atoms with Crippen LogP contribution in [0.1, 0.15) is 25.7 Å². The number of nitrogens with one attached hydrogen (secondary N) is 1. The molecular weight excluding hydrogens is 299 g/mol. The molecule has 1 aliphatic carbocycles. The molecule has 1 saturated heterocycles. The van der Waals surface area contributed by atoms with Gasteiger partial charge in [-0.15, -0.1) is 15.3 Å². The fourth-order valence-corrected chi connectivity index (χ4v) is 2.94. The van der Waals surface area contributed by atoms with Gasteiger partial charge in [-0.1, -0.05) is 0 Å². The second kappa shape index (κ2) is 5.43. The second-order valence-corrected chi connectivity index (χ2v) is 6.46. The number of aromatic nitrogens is 4. The second-order valence-electron chi connectivity index (χ2n) is 6.46. The molecule has 1 saturated carbocycles. The van der Waals surface area contributed by atoms with E-state index < -0.39 is 5.67 Å². The summed E-state index contributed by atoms with van der Waals surface area (Å²) in [6.07, 6.45) is 4.21. The number of piperidine rings is 1. The molecule has 8 heteroatoms. The summed E-state index contributed by atoms with van der Waals surface area (Å²) in [6.45, 7) is 1.28. The number of alkyl halides is 1. The maximum Gasteiger partial charge on any atom is 0.223 e. The van der Waals surface area contributed by atoms with Crippen LogP contribution >= 0.6 is 0 Å². The van der Waals surface area contributed by atoms with Gasteiger partial charge in [0.2, 0.25) is 5.91 Å². The van der Waals surface area contributed by atoms with Gasteiger partial charge in [0.1, 0.15) is 17.8 Å². The van der Waals surface area contributed by atoms with Crippen LogP contribution in [0.25, 0.3) is 5.65 Å². The van der Waals surface area contributed by atoms with Gasteiger partial charge in [0.25, 0.3) is 0 Å². The highest BCUT2D eigenvalue weighted by Gasteiger charge is 2.37. The lowest BCUT2D eigenvalue weighted by molar-refractivity contribution is -0.123. The largest absolute Gasteiger partial charge is 0.355 e. The Balaban J connectivity index is 1.36. The van der Waals surface area contributed by atoms with Gasteiger partial charge in [-0.05, 0) is 25.0 Å². The van der Waals surface area contributed by atoms with Crippen molar-refractivity contribution >= 4 is 17.4 Å². The molecule has 0 atom stereocenters. The molecule has 2 aromatic heterocycles. The molecule has 0 bridgehead atoms. The summed E-state index contributed by atoms with van der Waals surface area (Å²) in [4.78, 5) is 13.7. The molecule has 7 nitrogen and oxygen atoms in total. The highest BCUT2D eigenvalue weighted by molar-refractivity contribution is 5.80. The average molecular weight is 318 g/mol. The Hall–Kier alpha value is -2.25. The normalized spacial score (nSPS) is 20.7. The number of carbonyl (C=O) groups excluding carboxylic acids is 1. The van der Waals surface area contributed by atoms with Crippen molar-refractivity contribution in [1.29, 1.82) is 0 Å². The minimum atomic E-state index is -1.32. The molecule has 0 unspecified atom stereocenters. The maximum absolute atomic E-state index is 14.8. The van der Waals surface area contributed by atoms with Crippen molar-refractivity contribution in [3.8, 4) is 0 Å². The van der Waals surface area contributed by atoms with Gasteiger partial charge in [-0.3, -0.25) is 4.79 Å². The summed E-state index contributed by atoms with van der Waals surface area (Å²) in [5.74, 6) is 0.920. The lowest BCUT2D eigenvalue weighted by Crippen LogP contribution is -2.48. The molecule has 1 aliphatic heterocycles. The number of carbonyl (C=O) groups is 1. The molecular formula is C15H19FN6O. The Labute approximate surface area is 132 Å². The molecule has 0 radical (unpaired) electrons. The Morgan fingerprint density at radius 3 is 2.87 bits per heavy atom. The zero-order valence-corrected chi connectivity index (χ0v) is 12.8. The van der Waals surface area contributed by atoms with E-state index >= 15 is 0 Å². The highest BCUT2D eigenvalue weighted by atomic mass is 19.1. The standard InChI is InChI=1S/C15H19FN6O/c16-15(9-17-14(23)11-1-2-11)5-7-21(8-6-15)13-4-3-12-19-18-10-22(12)20-13/h3-4,10-11H,1-2,5-9H2,(H,17,23). The van der Waals surface area contributed by atoms with E-state index in [1.807, 2.05) is 12.1 Å². The molecule has 4 rings (SSSR count). The third-order valence-electron chi connectivity index (χ3n) is 4.66. The smallest absolute Gasteiger partial charge is 0.223 e. The van der Waals surface area contributed by atoms with E-state index in [0.717, 1.165) is 18.7 Å². The Morgan fingerprint density at radius 2 is 2.13 bits per heavy atom. The lowest BCUT2D eigenvalue weighted by Gasteiger charge is -2.37. The van der Waals surface area contributed by atoms with Gasteiger partial charge in [0, 0.05) is 31.8 Å². The first kappa shape index (κ1) is 14.3. The summed E-state index contributed by atoms with van der Waals surface area (Å²) in [5, 5.41) is 14.9. The zero-order chi connectivity index (χ0) is 15.9. The number of fused-ring (bicyclic) bond motifs is 1. The van der Waals surface area contributed by atoms with Crippen LogP contribution in [0.4, 0.5) is 10.2 Å². The molecule has 0 aromatic carbocycles. The average Bonchev–Trinajstić information content (AvgIpc) is 3.31. The topological polar surface area (TPSA) is 75.4 Å². The molecule has 0 spiro atoms. The molecule has 2 aromatic rings. The van der Waals surface area contributed by atoms with Crippen LogP contribution in [0.5, 0.6) is 0 Å². The molecule has 1 N–H and O–H groups in total. The third kappa shape index (κ3) is 2.97. The SMILES string of the molecule is O=C(NCC1(F)CCN(c2ccc3nncn3n2)CC1)C1CC1. The minimum Gasteiger partial charge on any atom is -0.355 e. The van der Waals surface area contributed by atoms with Gasteiger partial charge in [0.05, 0.1) is 6.54 Å². The predicted octanol–water partition coefficient (Wildman–Crippen LogP) is 0.959. The Bertz CT molecular complexity index is 720. The van der Waals surface area contributed by atoms with Crippen molar-refractivity contribution in [1.82, 2.24) is 25.1 Å². The van der Waals surface area contributed by atoms with Crippen LogP contribution < -0.4 is 10.2 Å². The van der Waals surface area contributed by atoms with E-state index in [4.69, 9.17) is 0 Å². The number of anilines is 1. The first-order valence-corrected chi connectivity index (χ1v) is 8.02. The van der Waals surface area contributed by atoms with Crippen LogP contribution in [0, 0.1) is 5.92 Å². The predicted molar refractivity (Wildman–Crippen MR) is 81.8 cm³/mol. The number of amides is 1. The van der Waals surface area contributed by atoms with E-state index in [9.17, 15) is 9.18 Å². The van der Waals surface area contributed by atoms with Crippen molar-refractivity contribution in [2.45, 2.75) is 31.4 Å². The first-order chi connectivity index (χ1) is 11.1. The summed E-state index contributed by atoms with van der Waals surface area (Å²) in [5.41, 5.74) is -0.629. The Morgan fingerprint density at radius 1 is 1.35 bits per heavy atom. The van der Waals surface area contributed by atoms with Crippen molar-refractivity contribution in [2.75, 3.05) is 24.5 Å². The number of halogens is 1. The van der Waals surface area contributed by atoms with Gasteiger partial charge in [0.15, 0.2) is 5.65 Å². The van der Waals surface area contributed by atoms with E-state index in [1.165, 1.54) is 0 Å². The molecule has 3 heterocycles. The van der Waals surface area contributed by atoms with Crippen LogP contribution in [0.15, 0.2) is 18.5 Å². The summed E-state index contributed by atoms with van der Waals surface area (Å²) >= 11 is 0. The van der Waals surface area contributed by atoms with Crippen LogP contribution in [-0.4, -0.2) is 51.0 Å². The zero-order valence-electron chi connectivity index (χ0n) is 12.8. The van der Waals surface area contributed by atoms with Crippen molar-refractivity contribution in [3.63, 3.8) is 0 Å². The molecule has 23 heavy (non-hydrogen) atoms. The summed E-state index contributed by atoms with van der Waals surface area (Å²) in [6, 6.07) is 3.73. The van der Waals surface area contributed by atoms with Crippen LogP contribution in [0.3, 0.4) is 0 Å². The monoisotopic (exact) mass is 318 g/mol. The van der Waals surface area contributed by atoms with E-state index in [2.05, 4.69) is 25.5 Å². The van der Waals surface area contributed by atoms with Gasteiger partial charge in [-0.2, -0.15) is 4.52 Å². The van der Waals surface area contributed by atoms with E-state index in [0.29, 0.717) is 31.6 Å². The first-order valence-electron chi connectivity index (χ1n) is 8.02. The third-order valence-corrected chi connectivity index (χ3v) is 4.66. The molecule has 2 aliphatic rings. The summed E-state index contributed by atoms with van der Waals surface area (Å²) < 4.78 is 16.4. The highest BCUT2D eigenvalue weighted by Crippen LogP contribution is 2.31. The molecule has 1 amide bonds. The number of rotatable bonds is 4. The quantitative estimate of drug-likeness (QED) is 0.909. The van der Waals surface area contributed by atoms with E-state index in [1.54, 1.807) is 10.8 Å². The molecule has 122 valence electrons. The van der Waals surface area contributed by atoms with Gasteiger partial charge < -0.3 is 10.2 Å². The van der Waals surface area contributed by atoms with Crippen LogP contribution in [0.2, 0.25) is 0 Å². The lowest BCUT2D eigenvalue weighted by atomic mass is 9.93. The van der Waals surface area contributed by atoms with Crippen molar-refractivity contribution in [2.24, 2.45) is 5.92 Å². The fraction of sp³-hybridized carbons (Fsp3) is 0.600. The number of hydrogen-bond donors (Lipinski definition) is 1. The fourth-order valence-electron chi connectivity index (χ4n) is 2.94.